The molecule has 2 heterocycles. The van der Waals surface area contributed by atoms with Gasteiger partial charge in [0.25, 0.3) is 0 Å². The minimum absolute atomic E-state index is 0. The van der Waals surface area contributed by atoms with Gasteiger partial charge in [-0.2, -0.15) is 0 Å². The average Bonchev–Trinajstić information content (AvgIpc) is 2.94. The summed E-state index contributed by atoms with van der Waals surface area (Å²) >= 11 is 1.85. The second-order valence-corrected chi connectivity index (χ2v) is 7.83. The Balaban J connectivity index is 0.00000220. The van der Waals surface area contributed by atoms with Crippen molar-refractivity contribution >= 4 is 29.7 Å². The first kappa shape index (κ1) is 18.5. The maximum atomic E-state index is 12.2. The maximum Gasteiger partial charge on any atom is 0.222 e. The number of thiophene rings is 1. The number of likely N-dealkylation sites (tertiary alicyclic amines) is 1. The van der Waals surface area contributed by atoms with E-state index in [0.29, 0.717) is 18.9 Å². The van der Waals surface area contributed by atoms with E-state index in [1.54, 1.807) is 0 Å². The van der Waals surface area contributed by atoms with Gasteiger partial charge in [0.15, 0.2) is 0 Å². The highest BCUT2D eigenvalue weighted by atomic mass is 35.5. The molecule has 0 radical (unpaired) electrons. The van der Waals surface area contributed by atoms with Crippen LogP contribution in [0.2, 0.25) is 0 Å². The molecule has 0 bridgehead atoms. The van der Waals surface area contributed by atoms with Crippen LogP contribution in [-0.2, 0) is 11.2 Å². The van der Waals surface area contributed by atoms with Crippen molar-refractivity contribution in [3.05, 3.63) is 21.4 Å². The lowest BCUT2D eigenvalue weighted by Crippen LogP contribution is -2.34. The van der Waals surface area contributed by atoms with Crippen LogP contribution in [0.5, 0.6) is 0 Å². The molecule has 1 aliphatic rings. The number of amides is 1. The summed E-state index contributed by atoms with van der Waals surface area (Å²) in [5, 5.41) is 0. The lowest BCUT2D eigenvalue weighted by molar-refractivity contribution is -0.130. The molecule has 0 spiro atoms. The molecule has 3 nitrogen and oxygen atoms in total. The summed E-state index contributed by atoms with van der Waals surface area (Å²) in [5.41, 5.74) is 7.34. The van der Waals surface area contributed by atoms with E-state index in [-0.39, 0.29) is 17.8 Å². The second kappa shape index (κ2) is 7.61. The highest BCUT2D eigenvalue weighted by molar-refractivity contribution is 7.12. The smallest absolute Gasteiger partial charge is 0.222 e. The van der Waals surface area contributed by atoms with Gasteiger partial charge >= 0.3 is 0 Å². The zero-order valence-electron chi connectivity index (χ0n) is 13.3. The van der Waals surface area contributed by atoms with Crippen LogP contribution in [0.25, 0.3) is 0 Å². The van der Waals surface area contributed by atoms with Crippen LogP contribution in [0.4, 0.5) is 0 Å². The number of aryl methyl sites for hydroxylation is 3. The fourth-order valence-corrected chi connectivity index (χ4v) is 3.90. The Morgan fingerprint density at radius 1 is 1.48 bits per heavy atom. The van der Waals surface area contributed by atoms with Crippen LogP contribution in [0, 0.1) is 19.3 Å². The molecular formula is C16H27ClN2OS. The van der Waals surface area contributed by atoms with Crippen LogP contribution in [-0.4, -0.2) is 30.4 Å². The van der Waals surface area contributed by atoms with Gasteiger partial charge in [-0.3, -0.25) is 4.79 Å². The molecule has 0 aromatic carbocycles. The van der Waals surface area contributed by atoms with E-state index in [1.165, 1.54) is 15.3 Å². The van der Waals surface area contributed by atoms with Gasteiger partial charge in [0.05, 0.1) is 0 Å². The first-order valence-electron chi connectivity index (χ1n) is 7.47. The van der Waals surface area contributed by atoms with Crippen LogP contribution in [0.1, 0.15) is 41.5 Å². The third-order valence-corrected chi connectivity index (χ3v) is 5.39. The molecule has 120 valence electrons. The molecule has 1 atom stereocenters. The molecule has 1 unspecified atom stereocenters. The van der Waals surface area contributed by atoms with E-state index >= 15 is 0 Å². The molecule has 5 heteroatoms. The molecule has 2 N–H and O–H groups in total. The van der Waals surface area contributed by atoms with Crippen molar-refractivity contribution < 1.29 is 4.79 Å². The molecule has 0 aliphatic carbocycles. The van der Waals surface area contributed by atoms with E-state index in [0.717, 1.165) is 32.4 Å². The van der Waals surface area contributed by atoms with Crippen molar-refractivity contribution in [1.82, 2.24) is 4.90 Å². The van der Waals surface area contributed by atoms with Crippen molar-refractivity contribution in [2.75, 3.05) is 19.6 Å². The number of carbonyl (C=O) groups is 1. The van der Waals surface area contributed by atoms with Gasteiger partial charge in [-0.1, -0.05) is 6.92 Å². The molecule has 0 saturated carbocycles. The number of nitrogens with two attached hydrogens (primary N) is 1. The molecule has 1 amide bonds. The lowest BCUT2D eigenvalue weighted by atomic mass is 9.90. The number of rotatable bonds is 5. The summed E-state index contributed by atoms with van der Waals surface area (Å²) in [5.74, 6) is 0.298. The van der Waals surface area contributed by atoms with Gasteiger partial charge < -0.3 is 10.6 Å². The largest absolute Gasteiger partial charge is 0.342 e. The van der Waals surface area contributed by atoms with E-state index in [1.807, 2.05) is 16.2 Å². The zero-order valence-corrected chi connectivity index (χ0v) is 14.9. The molecule has 1 saturated heterocycles. The third-order valence-electron chi connectivity index (χ3n) is 4.38. The molecule has 1 aromatic rings. The number of nitrogens with zero attached hydrogens (tertiary/aromatic N) is 1. The number of halogens is 1. The first-order valence-corrected chi connectivity index (χ1v) is 8.29. The maximum absolute atomic E-state index is 12.2. The quantitative estimate of drug-likeness (QED) is 0.900. The standard InChI is InChI=1S/C16H26N2OS.ClH/c1-12-9-14(13(2)20-12)5-4-6-15(19)18-8-7-16(3,10-17)11-18;/h9H,4-8,10-11,17H2,1-3H3;1H. The van der Waals surface area contributed by atoms with Crippen LogP contribution in [0.15, 0.2) is 6.07 Å². The summed E-state index contributed by atoms with van der Waals surface area (Å²) in [6, 6.07) is 2.26. The van der Waals surface area contributed by atoms with Crippen molar-refractivity contribution in [3.63, 3.8) is 0 Å². The minimum atomic E-state index is 0. The summed E-state index contributed by atoms with van der Waals surface area (Å²) in [7, 11) is 0. The summed E-state index contributed by atoms with van der Waals surface area (Å²) in [6.45, 7) is 8.87. The highest BCUT2D eigenvalue weighted by Gasteiger charge is 2.34. The third kappa shape index (κ3) is 4.70. The normalized spacial score (nSPS) is 21.4. The van der Waals surface area contributed by atoms with Gasteiger partial charge in [0, 0.05) is 29.3 Å². The number of hydrogen-bond donors (Lipinski definition) is 1. The van der Waals surface area contributed by atoms with Crippen LogP contribution in [0.3, 0.4) is 0 Å². The molecule has 1 aliphatic heterocycles. The fourth-order valence-electron chi connectivity index (χ4n) is 2.92. The van der Waals surface area contributed by atoms with Crippen molar-refractivity contribution in [1.29, 1.82) is 0 Å². The molecule has 1 aromatic heterocycles. The van der Waals surface area contributed by atoms with Crippen LogP contribution >= 0.6 is 23.7 Å². The minimum Gasteiger partial charge on any atom is -0.342 e. The molecule has 1 fully saturated rings. The highest BCUT2D eigenvalue weighted by Crippen LogP contribution is 2.29. The van der Waals surface area contributed by atoms with Gasteiger partial charge in [0.2, 0.25) is 5.91 Å². The first-order chi connectivity index (χ1) is 9.43. The van der Waals surface area contributed by atoms with Gasteiger partial charge in [-0.25, -0.2) is 0 Å². The SMILES string of the molecule is Cc1cc(CCCC(=O)N2CCC(C)(CN)C2)c(C)s1.Cl. The monoisotopic (exact) mass is 330 g/mol. The van der Waals surface area contributed by atoms with Crippen molar-refractivity contribution in [2.45, 2.75) is 46.5 Å². The Morgan fingerprint density at radius 2 is 2.19 bits per heavy atom. The Kier molecular flexibility index (Phi) is 6.70. The van der Waals surface area contributed by atoms with E-state index < -0.39 is 0 Å². The van der Waals surface area contributed by atoms with Gasteiger partial charge in [-0.05, 0) is 56.7 Å². The van der Waals surface area contributed by atoms with Crippen LogP contribution < -0.4 is 5.73 Å². The predicted molar refractivity (Wildman–Crippen MR) is 92.3 cm³/mol. The van der Waals surface area contributed by atoms with E-state index in [2.05, 4.69) is 26.8 Å². The Hall–Kier alpha value is -0.580. The molecular weight excluding hydrogens is 304 g/mol. The second-order valence-electron chi connectivity index (χ2n) is 6.37. The zero-order chi connectivity index (χ0) is 14.8. The lowest BCUT2D eigenvalue weighted by Gasteiger charge is -2.22. The fraction of sp³-hybridized carbons (Fsp3) is 0.688. The molecule has 2 rings (SSSR count). The Bertz CT molecular complexity index is 489. The number of carbonyl (C=O) groups excluding carboxylic acids is 1. The van der Waals surface area contributed by atoms with Crippen molar-refractivity contribution in [3.8, 4) is 0 Å². The van der Waals surface area contributed by atoms with Gasteiger partial charge in [-0.15, -0.1) is 23.7 Å². The Morgan fingerprint density at radius 3 is 2.71 bits per heavy atom. The summed E-state index contributed by atoms with van der Waals surface area (Å²) < 4.78 is 0. The topological polar surface area (TPSA) is 46.3 Å². The van der Waals surface area contributed by atoms with E-state index in [4.69, 9.17) is 5.73 Å². The Labute approximate surface area is 138 Å². The van der Waals surface area contributed by atoms with E-state index in [9.17, 15) is 4.79 Å². The summed E-state index contributed by atoms with van der Waals surface area (Å²) in [6.07, 6.45) is 3.67. The summed E-state index contributed by atoms with van der Waals surface area (Å²) in [4.78, 5) is 17.0. The van der Waals surface area contributed by atoms with Gasteiger partial charge in [0.1, 0.15) is 0 Å². The average molecular weight is 331 g/mol. The predicted octanol–water partition coefficient (Wildman–Crippen LogP) is 3.31. The number of hydrogen-bond acceptors (Lipinski definition) is 3. The molecule has 21 heavy (non-hydrogen) atoms. The van der Waals surface area contributed by atoms with Crippen molar-refractivity contribution in [2.24, 2.45) is 11.1 Å².